The molecule has 14 heavy (non-hydrogen) atoms. The first kappa shape index (κ1) is 10.4. The topological polar surface area (TPSA) is 29.3 Å². The quantitative estimate of drug-likeness (QED) is 0.845. The van der Waals surface area contributed by atoms with E-state index in [1.54, 1.807) is 11.3 Å². The van der Waals surface area contributed by atoms with Crippen molar-refractivity contribution in [3.63, 3.8) is 0 Å². The fourth-order valence-corrected chi connectivity index (χ4v) is 3.02. The minimum absolute atomic E-state index is 0.360. The van der Waals surface area contributed by atoms with Crippen molar-refractivity contribution < 1.29 is 0 Å². The van der Waals surface area contributed by atoms with Crippen molar-refractivity contribution in [1.29, 1.82) is 0 Å². The molecule has 1 unspecified atom stereocenters. The Labute approximate surface area is 93.7 Å². The number of rotatable bonds is 2. The van der Waals surface area contributed by atoms with E-state index >= 15 is 0 Å². The normalized spacial score (nSPS) is 24.0. The van der Waals surface area contributed by atoms with Crippen LogP contribution in [-0.2, 0) is 6.54 Å². The van der Waals surface area contributed by atoms with Crippen LogP contribution >= 0.6 is 22.9 Å². The molecule has 1 aliphatic rings. The Morgan fingerprint density at radius 1 is 1.57 bits per heavy atom. The molecule has 0 aliphatic carbocycles. The van der Waals surface area contributed by atoms with Crippen molar-refractivity contribution in [2.24, 2.45) is 5.73 Å². The molecule has 0 aromatic carbocycles. The zero-order valence-corrected chi connectivity index (χ0v) is 9.65. The van der Waals surface area contributed by atoms with Gasteiger partial charge >= 0.3 is 0 Å². The van der Waals surface area contributed by atoms with Gasteiger partial charge in [0.25, 0.3) is 0 Å². The standard InChI is InChI=1S/C10H15ClN2S/c11-10-4-3-9(14-10)7-13-5-1-2-8(12)6-13/h3-4,8H,1-2,5-7,12H2. The van der Waals surface area contributed by atoms with E-state index < -0.39 is 0 Å². The van der Waals surface area contributed by atoms with Crippen LogP contribution < -0.4 is 5.73 Å². The number of hydrogen-bond donors (Lipinski definition) is 1. The molecule has 2 nitrogen and oxygen atoms in total. The zero-order chi connectivity index (χ0) is 9.97. The van der Waals surface area contributed by atoms with E-state index in [1.165, 1.54) is 24.3 Å². The average Bonchev–Trinajstić information content (AvgIpc) is 2.51. The van der Waals surface area contributed by atoms with Gasteiger partial charge in [0, 0.05) is 24.0 Å². The summed E-state index contributed by atoms with van der Waals surface area (Å²) in [6, 6.07) is 4.43. The number of nitrogens with two attached hydrogens (primary N) is 1. The van der Waals surface area contributed by atoms with Crippen molar-refractivity contribution in [3.05, 3.63) is 21.3 Å². The summed E-state index contributed by atoms with van der Waals surface area (Å²) in [4.78, 5) is 3.75. The van der Waals surface area contributed by atoms with E-state index in [0.717, 1.165) is 17.4 Å². The van der Waals surface area contributed by atoms with Gasteiger partial charge in [0.15, 0.2) is 0 Å². The molecule has 0 spiro atoms. The summed E-state index contributed by atoms with van der Waals surface area (Å²) in [6.07, 6.45) is 2.39. The molecule has 1 aromatic heterocycles. The summed E-state index contributed by atoms with van der Waals surface area (Å²) in [5.41, 5.74) is 5.92. The van der Waals surface area contributed by atoms with E-state index in [9.17, 15) is 0 Å². The number of likely N-dealkylation sites (tertiary alicyclic amines) is 1. The Balaban J connectivity index is 1.90. The molecule has 78 valence electrons. The van der Waals surface area contributed by atoms with Crippen LogP contribution in [0.15, 0.2) is 12.1 Å². The van der Waals surface area contributed by atoms with Gasteiger partial charge in [-0.2, -0.15) is 0 Å². The highest BCUT2D eigenvalue weighted by atomic mass is 35.5. The Kier molecular flexibility index (Phi) is 3.44. The van der Waals surface area contributed by atoms with Crippen LogP contribution in [0.25, 0.3) is 0 Å². The maximum absolute atomic E-state index is 5.92. The molecule has 2 N–H and O–H groups in total. The monoisotopic (exact) mass is 230 g/mol. The molecule has 2 heterocycles. The fraction of sp³-hybridized carbons (Fsp3) is 0.600. The van der Waals surface area contributed by atoms with E-state index in [2.05, 4.69) is 11.0 Å². The molecular formula is C10H15ClN2S. The van der Waals surface area contributed by atoms with Crippen molar-refractivity contribution in [1.82, 2.24) is 4.90 Å². The summed E-state index contributed by atoms with van der Waals surface area (Å²) in [5.74, 6) is 0. The lowest BCUT2D eigenvalue weighted by Crippen LogP contribution is -2.42. The van der Waals surface area contributed by atoms with Crippen LogP contribution in [-0.4, -0.2) is 24.0 Å². The van der Waals surface area contributed by atoms with Crippen LogP contribution in [0.4, 0.5) is 0 Å². The number of thiophene rings is 1. The SMILES string of the molecule is NC1CCCN(Cc2ccc(Cl)s2)C1. The minimum atomic E-state index is 0.360. The van der Waals surface area contributed by atoms with E-state index in [1.807, 2.05) is 6.07 Å². The third-order valence-electron chi connectivity index (χ3n) is 2.55. The highest BCUT2D eigenvalue weighted by Gasteiger charge is 2.16. The highest BCUT2D eigenvalue weighted by molar-refractivity contribution is 7.16. The average molecular weight is 231 g/mol. The second-order valence-electron chi connectivity index (χ2n) is 3.84. The zero-order valence-electron chi connectivity index (χ0n) is 8.08. The van der Waals surface area contributed by atoms with E-state index in [-0.39, 0.29) is 0 Å². The first-order chi connectivity index (χ1) is 6.74. The Hall–Kier alpha value is -0.0900. The largest absolute Gasteiger partial charge is 0.327 e. The maximum Gasteiger partial charge on any atom is 0.0931 e. The van der Waals surface area contributed by atoms with Gasteiger partial charge in [0.05, 0.1) is 4.34 Å². The molecule has 0 bridgehead atoms. The predicted octanol–water partition coefficient (Wildman–Crippen LogP) is 2.32. The van der Waals surface area contributed by atoms with Gasteiger partial charge in [0.2, 0.25) is 0 Å². The molecule has 0 radical (unpaired) electrons. The number of hydrogen-bond acceptors (Lipinski definition) is 3. The first-order valence-electron chi connectivity index (χ1n) is 4.96. The third kappa shape index (κ3) is 2.70. The fourth-order valence-electron chi connectivity index (χ4n) is 1.89. The number of piperidine rings is 1. The summed E-state index contributed by atoms with van der Waals surface area (Å²) in [5, 5.41) is 0. The van der Waals surface area contributed by atoms with Gasteiger partial charge in [0.1, 0.15) is 0 Å². The molecule has 1 saturated heterocycles. The van der Waals surface area contributed by atoms with Crippen LogP contribution in [0.2, 0.25) is 4.34 Å². The van der Waals surface area contributed by atoms with Crippen molar-refractivity contribution in [2.75, 3.05) is 13.1 Å². The number of halogens is 1. The summed E-state index contributed by atoms with van der Waals surface area (Å²) in [7, 11) is 0. The van der Waals surface area contributed by atoms with Crippen molar-refractivity contribution in [2.45, 2.75) is 25.4 Å². The van der Waals surface area contributed by atoms with Gasteiger partial charge in [-0.1, -0.05) is 11.6 Å². The van der Waals surface area contributed by atoms with Gasteiger partial charge in [-0.05, 0) is 31.5 Å². The Bertz CT molecular complexity index is 300. The molecule has 1 aromatic rings. The molecule has 1 fully saturated rings. The molecule has 0 saturated carbocycles. The van der Waals surface area contributed by atoms with E-state index in [0.29, 0.717) is 6.04 Å². The Morgan fingerprint density at radius 2 is 2.43 bits per heavy atom. The number of nitrogens with zero attached hydrogens (tertiary/aromatic N) is 1. The third-order valence-corrected chi connectivity index (χ3v) is 3.77. The molecule has 4 heteroatoms. The van der Waals surface area contributed by atoms with Crippen LogP contribution in [0, 0.1) is 0 Å². The van der Waals surface area contributed by atoms with Gasteiger partial charge in [-0.25, -0.2) is 0 Å². The van der Waals surface area contributed by atoms with Gasteiger partial charge < -0.3 is 5.73 Å². The van der Waals surface area contributed by atoms with Crippen LogP contribution in [0.3, 0.4) is 0 Å². The Morgan fingerprint density at radius 3 is 3.07 bits per heavy atom. The minimum Gasteiger partial charge on any atom is -0.327 e. The molecule has 2 rings (SSSR count). The smallest absolute Gasteiger partial charge is 0.0931 e. The molecular weight excluding hydrogens is 216 g/mol. The van der Waals surface area contributed by atoms with Crippen molar-refractivity contribution in [3.8, 4) is 0 Å². The maximum atomic E-state index is 5.92. The van der Waals surface area contributed by atoms with Crippen LogP contribution in [0.5, 0.6) is 0 Å². The summed E-state index contributed by atoms with van der Waals surface area (Å²) >= 11 is 7.55. The second-order valence-corrected chi connectivity index (χ2v) is 5.64. The van der Waals surface area contributed by atoms with Crippen LogP contribution in [0.1, 0.15) is 17.7 Å². The lowest BCUT2D eigenvalue weighted by atomic mass is 10.1. The second kappa shape index (κ2) is 4.62. The summed E-state index contributed by atoms with van der Waals surface area (Å²) < 4.78 is 0.876. The predicted molar refractivity (Wildman–Crippen MR) is 61.8 cm³/mol. The van der Waals surface area contributed by atoms with Gasteiger partial charge in [-0.3, -0.25) is 4.90 Å². The van der Waals surface area contributed by atoms with E-state index in [4.69, 9.17) is 17.3 Å². The van der Waals surface area contributed by atoms with Crippen molar-refractivity contribution >= 4 is 22.9 Å². The lowest BCUT2D eigenvalue weighted by Gasteiger charge is -2.30. The molecule has 1 aliphatic heterocycles. The molecule has 1 atom stereocenters. The lowest BCUT2D eigenvalue weighted by molar-refractivity contribution is 0.203. The highest BCUT2D eigenvalue weighted by Crippen LogP contribution is 2.23. The molecule has 0 amide bonds. The summed E-state index contributed by atoms with van der Waals surface area (Å²) in [6.45, 7) is 3.20. The van der Waals surface area contributed by atoms with Gasteiger partial charge in [-0.15, -0.1) is 11.3 Å². The first-order valence-corrected chi connectivity index (χ1v) is 6.15.